The highest BCUT2D eigenvalue weighted by Crippen LogP contribution is 2.37. The number of rotatable bonds is 6. The van der Waals surface area contributed by atoms with Crippen LogP contribution in [0.25, 0.3) is 6.08 Å². The number of hydrogen-bond acceptors (Lipinski definition) is 4. The zero-order chi connectivity index (χ0) is 19.4. The Labute approximate surface area is 179 Å². The fourth-order valence-electron chi connectivity index (χ4n) is 2.79. The summed E-state index contributed by atoms with van der Waals surface area (Å²) in [7, 11) is 1.59. The Balaban J connectivity index is 1.69. The van der Waals surface area contributed by atoms with Gasteiger partial charge in [0, 0.05) is 6.54 Å². The lowest BCUT2D eigenvalue weighted by molar-refractivity contribution is -0.122. The number of thioether (sulfide) groups is 1. The van der Waals surface area contributed by atoms with Gasteiger partial charge in [0.1, 0.15) is 5.75 Å². The SMILES string of the molecule is COc1c(Br)cc(/C=C2/SC(=O)N(CCCc3ccccc3)C2=O)cc1Br. The zero-order valence-corrected chi connectivity index (χ0v) is 18.6. The highest BCUT2D eigenvalue weighted by molar-refractivity contribution is 9.11. The second-order valence-electron chi connectivity index (χ2n) is 5.94. The molecule has 7 heteroatoms. The Hall–Kier alpha value is -1.57. The molecule has 1 aliphatic rings. The zero-order valence-electron chi connectivity index (χ0n) is 14.6. The molecule has 0 radical (unpaired) electrons. The van der Waals surface area contributed by atoms with Gasteiger partial charge in [0.15, 0.2) is 0 Å². The van der Waals surface area contributed by atoms with Gasteiger partial charge >= 0.3 is 0 Å². The van der Waals surface area contributed by atoms with E-state index in [0.717, 1.165) is 39.1 Å². The summed E-state index contributed by atoms with van der Waals surface area (Å²) < 4.78 is 6.83. The van der Waals surface area contributed by atoms with E-state index in [9.17, 15) is 9.59 Å². The average molecular weight is 511 g/mol. The van der Waals surface area contributed by atoms with Gasteiger partial charge in [0.2, 0.25) is 0 Å². The van der Waals surface area contributed by atoms with Gasteiger partial charge in [-0.15, -0.1) is 0 Å². The number of carbonyl (C=O) groups excluding carboxylic acids is 2. The summed E-state index contributed by atoms with van der Waals surface area (Å²) in [4.78, 5) is 26.6. The molecule has 0 N–H and O–H groups in total. The summed E-state index contributed by atoms with van der Waals surface area (Å²) in [6.07, 6.45) is 3.31. The quantitative estimate of drug-likeness (QED) is 0.454. The monoisotopic (exact) mass is 509 g/mol. The second-order valence-corrected chi connectivity index (χ2v) is 8.64. The second kappa shape index (κ2) is 9.08. The summed E-state index contributed by atoms with van der Waals surface area (Å²) in [5.74, 6) is 0.447. The number of benzene rings is 2. The van der Waals surface area contributed by atoms with Crippen molar-refractivity contribution < 1.29 is 14.3 Å². The first-order valence-corrected chi connectivity index (χ1v) is 10.7. The lowest BCUT2D eigenvalue weighted by Gasteiger charge is -2.12. The fourth-order valence-corrected chi connectivity index (χ4v) is 5.20. The van der Waals surface area contributed by atoms with E-state index >= 15 is 0 Å². The van der Waals surface area contributed by atoms with Gasteiger partial charge in [0.25, 0.3) is 11.1 Å². The molecule has 2 aromatic rings. The Morgan fingerprint density at radius 1 is 1.11 bits per heavy atom. The molecule has 3 rings (SSSR count). The Morgan fingerprint density at radius 2 is 1.78 bits per heavy atom. The van der Waals surface area contributed by atoms with Crippen LogP contribution < -0.4 is 4.74 Å². The van der Waals surface area contributed by atoms with Crippen molar-refractivity contribution in [2.45, 2.75) is 12.8 Å². The molecule has 2 aromatic carbocycles. The third kappa shape index (κ3) is 4.83. The number of hydrogen-bond donors (Lipinski definition) is 0. The van der Waals surface area contributed by atoms with Crippen molar-refractivity contribution in [3.63, 3.8) is 0 Å². The van der Waals surface area contributed by atoms with Crippen LogP contribution in [0.2, 0.25) is 0 Å². The average Bonchev–Trinajstić information content (AvgIpc) is 2.90. The first kappa shape index (κ1) is 20.2. The molecule has 0 atom stereocenters. The van der Waals surface area contributed by atoms with Gasteiger partial charge in [-0.2, -0.15) is 0 Å². The van der Waals surface area contributed by atoms with Crippen molar-refractivity contribution in [3.05, 3.63) is 67.4 Å². The van der Waals surface area contributed by atoms with E-state index in [1.165, 1.54) is 10.5 Å². The van der Waals surface area contributed by atoms with Crippen LogP contribution in [0.1, 0.15) is 17.5 Å². The van der Waals surface area contributed by atoms with Crippen LogP contribution in [-0.2, 0) is 11.2 Å². The number of ether oxygens (including phenoxy) is 1. The molecular weight excluding hydrogens is 494 g/mol. The van der Waals surface area contributed by atoms with Gasteiger partial charge in [0.05, 0.1) is 21.0 Å². The third-order valence-electron chi connectivity index (χ3n) is 4.09. The lowest BCUT2D eigenvalue weighted by Crippen LogP contribution is -2.29. The minimum Gasteiger partial charge on any atom is -0.494 e. The van der Waals surface area contributed by atoms with E-state index in [1.54, 1.807) is 13.2 Å². The molecule has 1 heterocycles. The normalized spacial score (nSPS) is 15.7. The van der Waals surface area contributed by atoms with Gasteiger partial charge in [-0.05, 0) is 85.8 Å². The number of halogens is 2. The molecule has 2 amide bonds. The predicted octanol–water partition coefficient (Wildman–Crippen LogP) is 5.89. The van der Waals surface area contributed by atoms with Crippen LogP contribution in [0.15, 0.2) is 56.3 Å². The summed E-state index contributed by atoms with van der Waals surface area (Å²) in [6.45, 7) is 0.424. The number of nitrogens with zero attached hydrogens (tertiary/aromatic N) is 1. The minimum atomic E-state index is -0.235. The molecular formula is C20H17Br2NO3S. The number of amides is 2. The first-order valence-electron chi connectivity index (χ1n) is 8.32. The largest absolute Gasteiger partial charge is 0.494 e. The smallest absolute Gasteiger partial charge is 0.293 e. The van der Waals surface area contributed by atoms with Crippen LogP contribution in [0.4, 0.5) is 4.79 Å². The number of methoxy groups -OCH3 is 1. The Kier molecular flexibility index (Phi) is 6.78. The van der Waals surface area contributed by atoms with Crippen molar-refractivity contribution in [1.29, 1.82) is 0 Å². The molecule has 27 heavy (non-hydrogen) atoms. The number of imide groups is 1. The van der Waals surface area contributed by atoms with Crippen molar-refractivity contribution >= 4 is 60.8 Å². The molecule has 4 nitrogen and oxygen atoms in total. The van der Waals surface area contributed by atoms with Crippen LogP contribution in [0.3, 0.4) is 0 Å². The van der Waals surface area contributed by atoms with E-state index in [-0.39, 0.29) is 11.1 Å². The molecule has 0 spiro atoms. The fraction of sp³-hybridized carbons (Fsp3) is 0.200. The van der Waals surface area contributed by atoms with Crippen LogP contribution in [0.5, 0.6) is 5.75 Å². The summed E-state index contributed by atoms with van der Waals surface area (Å²) in [6, 6.07) is 13.8. The maximum atomic E-state index is 12.6. The van der Waals surface area contributed by atoms with E-state index in [2.05, 4.69) is 31.9 Å². The van der Waals surface area contributed by atoms with E-state index in [4.69, 9.17) is 4.74 Å². The number of carbonyl (C=O) groups is 2. The van der Waals surface area contributed by atoms with E-state index in [0.29, 0.717) is 17.2 Å². The molecule has 140 valence electrons. The summed E-state index contributed by atoms with van der Waals surface area (Å²) in [5.41, 5.74) is 2.01. The van der Waals surface area contributed by atoms with Crippen LogP contribution in [0, 0.1) is 0 Å². The standard InChI is InChI=1S/C20H17Br2NO3S/c1-26-18-15(21)10-14(11-16(18)22)12-17-19(24)23(20(25)27-17)9-5-8-13-6-3-2-4-7-13/h2-4,6-7,10-12H,5,8-9H2,1H3/b17-12+. The minimum absolute atomic E-state index is 0.217. The van der Waals surface area contributed by atoms with E-state index < -0.39 is 0 Å². The third-order valence-corrected chi connectivity index (χ3v) is 6.17. The molecule has 1 aliphatic heterocycles. The van der Waals surface area contributed by atoms with Gasteiger partial charge < -0.3 is 4.74 Å². The molecule has 0 aliphatic carbocycles. The van der Waals surface area contributed by atoms with Crippen molar-refractivity contribution in [2.24, 2.45) is 0 Å². The lowest BCUT2D eigenvalue weighted by atomic mass is 10.1. The molecule has 0 unspecified atom stereocenters. The summed E-state index contributed by atoms with van der Waals surface area (Å²) in [5, 5.41) is -0.217. The number of aryl methyl sites for hydroxylation is 1. The molecule has 0 bridgehead atoms. The highest BCUT2D eigenvalue weighted by Gasteiger charge is 2.34. The molecule has 0 saturated carbocycles. The molecule has 0 aromatic heterocycles. The van der Waals surface area contributed by atoms with Crippen LogP contribution in [-0.4, -0.2) is 29.7 Å². The van der Waals surface area contributed by atoms with Gasteiger partial charge in [-0.1, -0.05) is 30.3 Å². The molecule has 1 fully saturated rings. The topological polar surface area (TPSA) is 46.6 Å². The van der Waals surface area contributed by atoms with Crippen LogP contribution >= 0.6 is 43.6 Å². The highest BCUT2D eigenvalue weighted by atomic mass is 79.9. The molecule has 1 saturated heterocycles. The van der Waals surface area contributed by atoms with Crippen molar-refractivity contribution in [3.8, 4) is 5.75 Å². The summed E-state index contributed by atoms with van der Waals surface area (Å²) >= 11 is 7.88. The Morgan fingerprint density at radius 3 is 2.41 bits per heavy atom. The predicted molar refractivity (Wildman–Crippen MR) is 116 cm³/mol. The van der Waals surface area contributed by atoms with Crippen molar-refractivity contribution in [2.75, 3.05) is 13.7 Å². The van der Waals surface area contributed by atoms with E-state index in [1.807, 2.05) is 42.5 Å². The van der Waals surface area contributed by atoms with Crippen molar-refractivity contribution in [1.82, 2.24) is 4.90 Å². The Bertz CT molecular complexity index is 876. The van der Waals surface area contributed by atoms with Gasteiger partial charge in [-0.3, -0.25) is 14.5 Å². The maximum absolute atomic E-state index is 12.6. The maximum Gasteiger partial charge on any atom is 0.293 e. The van der Waals surface area contributed by atoms with Gasteiger partial charge in [-0.25, -0.2) is 0 Å². The first-order chi connectivity index (χ1) is 13.0.